The van der Waals surface area contributed by atoms with Gasteiger partial charge in [-0.3, -0.25) is 0 Å². The average Bonchev–Trinajstić information content (AvgIpc) is 2.77. The lowest BCUT2D eigenvalue weighted by Gasteiger charge is -2.19. The van der Waals surface area contributed by atoms with Crippen molar-refractivity contribution >= 4 is 5.97 Å². The SMILES string of the molecule is CN1CCCC1CCOc1nccc(C(=O)O)c1F. The molecule has 1 N–H and O–H groups in total. The van der Waals surface area contributed by atoms with Crippen LogP contribution in [0.4, 0.5) is 4.39 Å². The van der Waals surface area contributed by atoms with Crippen molar-refractivity contribution in [1.29, 1.82) is 0 Å². The Bertz CT molecular complexity index is 467. The number of hydrogen-bond donors (Lipinski definition) is 1. The standard InChI is InChI=1S/C13H17FN2O3/c1-16-7-2-3-9(16)5-8-19-12-11(14)10(13(17)18)4-6-15-12/h4,6,9H,2-3,5,7-8H2,1H3,(H,17,18). The Morgan fingerprint density at radius 1 is 1.68 bits per heavy atom. The van der Waals surface area contributed by atoms with Crippen molar-refractivity contribution in [3.8, 4) is 5.88 Å². The number of carbonyl (C=O) groups is 1. The van der Waals surface area contributed by atoms with Gasteiger partial charge in [-0.2, -0.15) is 0 Å². The molecule has 0 spiro atoms. The number of nitrogens with zero attached hydrogens (tertiary/aromatic N) is 2. The van der Waals surface area contributed by atoms with E-state index < -0.39 is 17.3 Å². The van der Waals surface area contributed by atoms with Crippen molar-refractivity contribution in [3.63, 3.8) is 0 Å². The number of pyridine rings is 1. The number of carboxylic acids is 1. The van der Waals surface area contributed by atoms with Crippen molar-refractivity contribution < 1.29 is 19.0 Å². The Kier molecular flexibility index (Phi) is 4.31. The van der Waals surface area contributed by atoms with Crippen LogP contribution in [0.5, 0.6) is 5.88 Å². The molecule has 6 heteroatoms. The van der Waals surface area contributed by atoms with Gasteiger partial charge in [-0.05, 0) is 38.9 Å². The van der Waals surface area contributed by atoms with Crippen LogP contribution >= 0.6 is 0 Å². The number of ether oxygens (including phenoxy) is 1. The smallest absolute Gasteiger partial charge is 0.338 e. The van der Waals surface area contributed by atoms with Gasteiger partial charge in [0.05, 0.1) is 6.61 Å². The van der Waals surface area contributed by atoms with Gasteiger partial charge < -0.3 is 14.7 Å². The summed E-state index contributed by atoms with van der Waals surface area (Å²) in [4.78, 5) is 16.8. The molecule has 1 unspecified atom stereocenters. The van der Waals surface area contributed by atoms with Crippen LogP contribution in [0.3, 0.4) is 0 Å². The molecule has 19 heavy (non-hydrogen) atoms. The summed E-state index contributed by atoms with van der Waals surface area (Å²) in [5, 5.41) is 8.79. The minimum absolute atomic E-state index is 0.236. The lowest BCUT2D eigenvalue weighted by molar-refractivity contribution is 0.0690. The maximum absolute atomic E-state index is 13.7. The van der Waals surface area contributed by atoms with Crippen LogP contribution in [-0.2, 0) is 0 Å². The van der Waals surface area contributed by atoms with E-state index in [1.165, 1.54) is 12.6 Å². The second-order valence-electron chi connectivity index (χ2n) is 4.70. The van der Waals surface area contributed by atoms with Gasteiger partial charge in [0, 0.05) is 12.2 Å². The van der Waals surface area contributed by atoms with Crippen LogP contribution in [0.2, 0.25) is 0 Å². The Morgan fingerprint density at radius 2 is 2.47 bits per heavy atom. The summed E-state index contributed by atoms with van der Waals surface area (Å²) in [5.41, 5.74) is -0.414. The lowest BCUT2D eigenvalue weighted by atomic mass is 10.1. The molecular formula is C13H17FN2O3. The number of halogens is 1. The molecule has 1 aliphatic heterocycles. The second kappa shape index (κ2) is 5.97. The van der Waals surface area contributed by atoms with Gasteiger partial charge >= 0.3 is 5.97 Å². The summed E-state index contributed by atoms with van der Waals surface area (Å²) in [7, 11) is 2.06. The van der Waals surface area contributed by atoms with E-state index >= 15 is 0 Å². The molecule has 1 aromatic heterocycles. The molecule has 1 saturated heterocycles. The number of aromatic carboxylic acids is 1. The van der Waals surface area contributed by atoms with Crippen LogP contribution in [0.15, 0.2) is 12.3 Å². The minimum atomic E-state index is -1.32. The Balaban J connectivity index is 1.92. The molecule has 0 amide bonds. The molecule has 0 bridgehead atoms. The monoisotopic (exact) mass is 268 g/mol. The molecule has 5 nitrogen and oxygen atoms in total. The molecule has 1 aromatic rings. The molecule has 2 heterocycles. The fourth-order valence-electron chi connectivity index (χ4n) is 2.33. The molecular weight excluding hydrogens is 251 g/mol. The van der Waals surface area contributed by atoms with E-state index in [1.54, 1.807) is 0 Å². The molecule has 2 rings (SSSR count). The number of rotatable bonds is 5. The molecule has 104 valence electrons. The van der Waals surface area contributed by atoms with E-state index in [-0.39, 0.29) is 5.88 Å². The van der Waals surface area contributed by atoms with Crippen LogP contribution in [0.1, 0.15) is 29.6 Å². The Labute approximate surface area is 111 Å². The highest BCUT2D eigenvalue weighted by atomic mass is 19.1. The first kappa shape index (κ1) is 13.7. The highest BCUT2D eigenvalue weighted by Gasteiger charge is 2.21. The van der Waals surface area contributed by atoms with Crippen LogP contribution < -0.4 is 4.74 Å². The Morgan fingerprint density at radius 3 is 3.11 bits per heavy atom. The van der Waals surface area contributed by atoms with Crippen molar-refractivity contribution in [2.24, 2.45) is 0 Å². The zero-order valence-corrected chi connectivity index (χ0v) is 10.8. The fraction of sp³-hybridized carbons (Fsp3) is 0.538. The second-order valence-corrected chi connectivity index (χ2v) is 4.70. The van der Waals surface area contributed by atoms with Gasteiger partial charge in [-0.1, -0.05) is 0 Å². The molecule has 1 atom stereocenters. The first-order valence-electron chi connectivity index (χ1n) is 6.30. The summed E-state index contributed by atoms with van der Waals surface area (Å²) in [6, 6.07) is 1.57. The van der Waals surface area contributed by atoms with Gasteiger partial charge in [0.2, 0.25) is 0 Å². The third kappa shape index (κ3) is 3.20. The van der Waals surface area contributed by atoms with Gasteiger partial charge in [0.25, 0.3) is 5.88 Å². The quantitative estimate of drug-likeness (QED) is 0.882. The van der Waals surface area contributed by atoms with Crippen LogP contribution in [0, 0.1) is 5.82 Å². The number of carboxylic acid groups (broad SMARTS) is 1. The molecule has 1 fully saturated rings. The van der Waals surface area contributed by atoms with Gasteiger partial charge in [-0.25, -0.2) is 14.2 Å². The van der Waals surface area contributed by atoms with E-state index in [0.29, 0.717) is 12.6 Å². The summed E-state index contributed by atoms with van der Waals surface area (Å²) < 4.78 is 19.0. The first-order chi connectivity index (χ1) is 9.09. The van der Waals surface area contributed by atoms with Crippen molar-refractivity contribution in [2.45, 2.75) is 25.3 Å². The van der Waals surface area contributed by atoms with E-state index in [9.17, 15) is 9.18 Å². The van der Waals surface area contributed by atoms with Crippen LogP contribution in [0.25, 0.3) is 0 Å². The van der Waals surface area contributed by atoms with Gasteiger partial charge in [-0.15, -0.1) is 0 Å². The van der Waals surface area contributed by atoms with E-state index in [1.807, 2.05) is 0 Å². The largest absolute Gasteiger partial charge is 0.478 e. The molecule has 0 radical (unpaired) electrons. The number of likely N-dealkylation sites (tertiary alicyclic amines) is 1. The van der Waals surface area contributed by atoms with Crippen LogP contribution in [-0.4, -0.2) is 47.2 Å². The maximum atomic E-state index is 13.7. The highest BCUT2D eigenvalue weighted by molar-refractivity contribution is 5.88. The molecule has 1 aliphatic rings. The fourth-order valence-corrected chi connectivity index (χ4v) is 2.33. The van der Waals surface area contributed by atoms with Crippen molar-refractivity contribution in [1.82, 2.24) is 9.88 Å². The topological polar surface area (TPSA) is 62.7 Å². The molecule has 0 aromatic carbocycles. The van der Waals surface area contributed by atoms with E-state index in [2.05, 4.69) is 16.9 Å². The maximum Gasteiger partial charge on any atom is 0.338 e. The van der Waals surface area contributed by atoms with E-state index in [0.717, 1.165) is 25.5 Å². The number of aromatic nitrogens is 1. The zero-order chi connectivity index (χ0) is 13.8. The minimum Gasteiger partial charge on any atom is -0.478 e. The molecule has 0 saturated carbocycles. The zero-order valence-electron chi connectivity index (χ0n) is 10.8. The predicted octanol–water partition coefficient (Wildman–Crippen LogP) is 1.78. The van der Waals surface area contributed by atoms with Gasteiger partial charge in [0.15, 0.2) is 5.82 Å². The Hall–Kier alpha value is -1.69. The summed E-state index contributed by atoms with van der Waals surface area (Å²) in [6.45, 7) is 1.41. The van der Waals surface area contributed by atoms with Gasteiger partial charge in [0.1, 0.15) is 5.56 Å². The van der Waals surface area contributed by atoms with E-state index in [4.69, 9.17) is 9.84 Å². The van der Waals surface area contributed by atoms with Crippen molar-refractivity contribution in [3.05, 3.63) is 23.6 Å². The lowest BCUT2D eigenvalue weighted by Crippen LogP contribution is -2.26. The molecule has 0 aliphatic carbocycles. The first-order valence-corrected chi connectivity index (χ1v) is 6.30. The third-order valence-electron chi connectivity index (χ3n) is 3.45. The average molecular weight is 268 g/mol. The predicted molar refractivity (Wildman–Crippen MR) is 66.9 cm³/mol. The summed E-state index contributed by atoms with van der Waals surface area (Å²) in [6.07, 6.45) is 4.31. The normalized spacial score (nSPS) is 19.6. The summed E-state index contributed by atoms with van der Waals surface area (Å²) in [5.74, 6) is -2.46. The highest BCUT2D eigenvalue weighted by Crippen LogP contribution is 2.20. The summed E-state index contributed by atoms with van der Waals surface area (Å²) >= 11 is 0. The number of hydrogen-bond acceptors (Lipinski definition) is 4. The van der Waals surface area contributed by atoms with Crippen molar-refractivity contribution in [2.75, 3.05) is 20.2 Å². The third-order valence-corrected chi connectivity index (χ3v) is 3.45.